The van der Waals surface area contributed by atoms with Gasteiger partial charge in [-0.3, -0.25) is 4.39 Å². The number of nitrogens with zero attached hydrogens (tertiary/aromatic N) is 1. The fourth-order valence-corrected chi connectivity index (χ4v) is 2.32. The standard InChI is InChI=1S/C8H19FN2Si/c9-3-1-4-11-5-2-7(6-11)8(10)12/h7-8H,1-6,10H2,12H3/t7?,8-/m0/s1. The number of nitrogens with two attached hydrogens (primary N) is 1. The van der Waals surface area contributed by atoms with Gasteiger partial charge in [-0.1, -0.05) is 0 Å². The second kappa shape index (κ2) is 4.94. The first kappa shape index (κ1) is 10.1. The minimum Gasteiger partial charge on any atom is -0.331 e. The van der Waals surface area contributed by atoms with Crippen LogP contribution in [0.15, 0.2) is 0 Å². The lowest BCUT2D eigenvalue weighted by atomic mass is 10.1. The molecule has 1 aliphatic heterocycles. The Balaban J connectivity index is 2.17. The normalized spacial score (nSPS) is 28.0. The molecular formula is C8H19FN2Si. The number of hydrogen-bond donors (Lipinski definition) is 1. The van der Waals surface area contributed by atoms with Crippen molar-refractivity contribution in [2.75, 3.05) is 26.3 Å². The van der Waals surface area contributed by atoms with Gasteiger partial charge in [0, 0.05) is 23.3 Å². The molecule has 0 aromatic carbocycles. The SMILES string of the molecule is N[C@@H]([SiH3])C1CCN(CCCF)C1. The van der Waals surface area contributed by atoms with Gasteiger partial charge in [0.1, 0.15) is 0 Å². The fraction of sp³-hybridized carbons (Fsp3) is 1.00. The van der Waals surface area contributed by atoms with E-state index in [4.69, 9.17) is 5.73 Å². The molecule has 4 heteroatoms. The molecule has 0 aromatic heterocycles. The van der Waals surface area contributed by atoms with Gasteiger partial charge in [-0.25, -0.2) is 0 Å². The Labute approximate surface area is 76.7 Å². The van der Waals surface area contributed by atoms with E-state index in [1.54, 1.807) is 0 Å². The molecule has 1 rings (SSSR count). The Morgan fingerprint density at radius 3 is 2.92 bits per heavy atom. The number of hydrogen-bond acceptors (Lipinski definition) is 2. The average molecular weight is 190 g/mol. The summed E-state index contributed by atoms with van der Waals surface area (Å²) in [6, 6.07) is 0. The number of halogens is 1. The van der Waals surface area contributed by atoms with Crippen molar-refractivity contribution in [3.8, 4) is 0 Å². The van der Waals surface area contributed by atoms with Crippen molar-refractivity contribution in [3.05, 3.63) is 0 Å². The largest absolute Gasteiger partial charge is 0.331 e. The molecule has 1 fully saturated rings. The molecule has 2 N–H and O–H groups in total. The highest BCUT2D eigenvalue weighted by Crippen LogP contribution is 2.17. The summed E-state index contributed by atoms with van der Waals surface area (Å²) in [4.78, 5) is 2.34. The molecule has 1 aliphatic rings. The Morgan fingerprint density at radius 1 is 1.67 bits per heavy atom. The highest BCUT2D eigenvalue weighted by Gasteiger charge is 2.24. The Bertz CT molecular complexity index is 132. The molecule has 0 radical (unpaired) electrons. The molecule has 0 aliphatic carbocycles. The van der Waals surface area contributed by atoms with Crippen LogP contribution in [-0.4, -0.2) is 47.1 Å². The van der Waals surface area contributed by atoms with Crippen LogP contribution in [0.25, 0.3) is 0 Å². The third-order valence-electron chi connectivity index (χ3n) is 2.66. The molecule has 2 nitrogen and oxygen atoms in total. The second-order valence-corrected chi connectivity index (χ2v) is 5.08. The van der Waals surface area contributed by atoms with E-state index in [2.05, 4.69) is 4.90 Å². The van der Waals surface area contributed by atoms with E-state index < -0.39 is 0 Å². The molecule has 0 spiro atoms. The molecular weight excluding hydrogens is 171 g/mol. The molecule has 12 heavy (non-hydrogen) atoms. The first-order valence-corrected chi connectivity index (χ1v) is 5.93. The van der Waals surface area contributed by atoms with Crippen LogP contribution in [0, 0.1) is 5.92 Å². The van der Waals surface area contributed by atoms with Crippen LogP contribution in [0.1, 0.15) is 12.8 Å². The minimum absolute atomic E-state index is 0.186. The average Bonchev–Trinajstić information content (AvgIpc) is 2.48. The predicted molar refractivity (Wildman–Crippen MR) is 53.1 cm³/mol. The zero-order chi connectivity index (χ0) is 8.97. The maximum Gasteiger partial charge on any atom is 0.0906 e. The summed E-state index contributed by atoms with van der Waals surface area (Å²) in [5, 5.41) is 0. The van der Waals surface area contributed by atoms with Crippen LogP contribution in [0.2, 0.25) is 0 Å². The van der Waals surface area contributed by atoms with Crippen molar-refractivity contribution in [3.63, 3.8) is 0 Å². The highest BCUT2D eigenvalue weighted by atomic mass is 28.1. The van der Waals surface area contributed by atoms with Crippen molar-refractivity contribution < 1.29 is 4.39 Å². The van der Waals surface area contributed by atoms with E-state index >= 15 is 0 Å². The van der Waals surface area contributed by atoms with Crippen LogP contribution >= 0.6 is 0 Å². The highest BCUT2D eigenvalue weighted by molar-refractivity contribution is 6.11. The van der Waals surface area contributed by atoms with Crippen molar-refractivity contribution >= 4 is 10.2 Å². The van der Waals surface area contributed by atoms with Gasteiger partial charge in [-0.2, -0.15) is 0 Å². The van der Waals surface area contributed by atoms with Gasteiger partial charge in [0.2, 0.25) is 0 Å². The third kappa shape index (κ3) is 2.84. The molecule has 72 valence electrons. The van der Waals surface area contributed by atoms with Crippen molar-refractivity contribution in [2.24, 2.45) is 11.7 Å². The first-order valence-electron chi connectivity index (χ1n) is 4.78. The van der Waals surface area contributed by atoms with Crippen LogP contribution in [-0.2, 0) is 0 Å². The van der Waals surface area contributed by atoms with E-state index in [1.807, 2.05) is 0 Å². The third-order valence-corrected chi connectivity index (χ3v) is 3.60. The first-order chi connectivity index (χ1) is 5.74. The molecule has 0 amide bonds. The number of rotatable bonds is 4. The maximum absolute atomic E-state index is 11.9. The summed E-state index contributed by atoms with van der Waals surface area (Å²) in [5.74, 6) is 0.691. The molecule has 0 saturated carbocycles. The van der Waals surface area contributed by atoms with Crippen LogP contribution in [0.5, 0.6) is 0 Å². The van der Waals surface area contributed by atoms with Gasteiger partial charge in [-0.05, 0) is 31.0 Å². The summed E-state index contributed by atoms with van der Waals surface area (Å²) in [6.07, 6.45) is 1.90. The molecule has 2 atom stereocenters. The minimum atomic E-state index is -0.186. The van der Waals surface area contributed by atoms with E-state index in [-0.39, 0.29) is 6.67 Å². The van der Waals surface area contributed by atoms with Crippen LogP contribution in [0.4, 0.5) is 4.39 Å². The Hall–Kier alpha value is 0.0669. The van der Waals surface area contributed by atoms with Gasteiger partial charge >= 0.3 is 0 Å². The fourth-order valence-electron chi connectivity index (χ4n) is 1.78. The van der Waals surface area contributed by atoms with Gasteiger partial charge < -0.3 is 10.6 Å². The van der Waals surface area contributed by atoms with E-state index in [1.165, 1.54) is 6.42 Å². The van der Waals surface area contributed by atoms with Crippen LogP contribution < -0.4 is 5.73 Å². The summed E-state index contributed by atoms with van der Waals surface area (Å²) in [5.41, 5.74) is 6.28. The summed E-state index contributed by atoms with van der Waals surface area (Å²) >= 11 is 0. The molecule has 1 unspecified atom stereocenters. The topological polar surface area (TPSA) is 29.3 Å². The summed E-state index contributed by atoms with van der Waals surface area (Å²) in [7, 11) is 1.08. The van der Waals surface area contributed by atoms with E-state index in [9.17, 15) is 4.39 Å². The zero-order valence-corrected chi connectivity index (χ0v) is 9.80. The lowest BCUT2D eigenvalue weighted by Crippen LogP contribution is -2.33. The van der Waals surface area contributed by atoms with Gasteiger partial charge in [-0.15, -0.1) is 0 Å². The molecule has 0 bridgehead atoms. The maximum atomic E-state index is 11.9. The number of alkyl halides is 1. The lowest BCUT2D eigenvalue weighted by Gasteiger charge is -2.16. The predicted octanol–water partition coefficient (Wildman–Crippen LogP) is -0.682. The van der Waals surface area contributed by atoms with Gasteiger partial charge in [0.25, 0.3) is 0 Å². The van der Waals surface area contributed by atoms with Crippen molar-refractivity contribution in [1.29, 1.82) is 0 Å². The lowest BCUT2D eigenvalue weighted by molar-refractivity contribution is 0.300. The van der Waals surface area contributed by atoms with Crippen LogP contribution in [0.3, 0.4) is 0 Å². The Kier molecular flexibility index (Phi) is 4.18. The monoisotopic (exact) mass is 190 g/mol. The molecule has 0 aromatic rings. The number of likely N-dealkylation sites (tertiary alicyclic amines) is 1. The van der Waals surface area contributed by atoms with Crippen molar-refractivity contribution in [1.82, 2.24) is 4.90 Å². The van der Waals surface area contributed by atoms with Gasteiger partial charge in [0.05, 0.1) is 6.67 Å². The molecule has 1 saturated heterocycles. The summed E-state index contributed by atoms with van der Waals surface area (Å²) < 4.78 is 11.9. The zero-order valence-electron chi connectivity index (χ0n) is 7.80. The smallest absolute Gasteiger partial charge is 0.0906 e. The second-order valence-electron chi connectivity index (χ2n) is 3.75. The van der Waals surface area contributed by atoms with Gasteiger partial charge in [0.15, 0.2) is 0 Å². The van der Waals surface area contributed by atoms with E-state index in [0.717, 1.165) is 29.9 Å². The quantitative estimate of drug-likeness (QED) is 0.595. The van der Waals surface area contributed by atoms with E-state index in [0.29, 0.717) is 18.0 Å². The van der Waals surface area contributed by atoms with Crippen molar-refractivity contribution in [2.45, 2.75) is 18.5 Å². The summed E-state index contributed by atoms with van der Waals surface area (Å²) in [6.45, 7) is 2.96. The Morgan fingerprint density at radius 2 is 2.42 bits per heavy atom. The molecule has 1 heterocycles.